The van der Waals surface area contributed by atoms with Crippen LogP contribution in [0.25, 0.3) is 11.3 Å². The lowest BCUT2D eigenvalue weighted by molar-refractivity contribution is 0.0575. The van der Waals surface area contributed by atoms with Crippen LogP contribution in [0.3, 0.4) is 0 Å². The van der Waals surface area contributed by atoms with Gasteiger partial charge < -0.3 is 19.7 Å². The summed E-state index contributed by atoms with van der Waals surface area (Å²) in [5.74, 6) is 0.222. The summed E-state index contributed by atoms with van der Waals surface area (Å²) in [6, 6.07) is 9.08. The van der Waals surface area contributed by atoms with Gasteiger partial charge in [-0.15, -0.1) is 0 Å². The SMILES string of the molecule is Cc1cc(Nc2nccc(-c3cc(C#N)c4c(c3)[C@@](C)(CO)CN4C(=O)OC(C)(C)C)n2)c(=O)n(C)c1. The summed E-state index contributed by atoms with van der Waals surface area (Å²) in [6.45, 7) is 8.97. The largest absolute Gasteiger partial charge is 0.443 e. The standard InChI is InChI=1S/C27H30N6O4/c1-16-9-21(23(35)32(6)13-16)31-24-29-8-7-20(30-24)17-10-18(12-28)22-19(11-17)27(5,15-34)14-33(22)25(36)37-26(2,3)4/h7-11,13,34H,14-15H2,1-6H3,(H,29,30,31)/t27-/m1/s1. The van der Waals surface area contributed by atoms with Gasteiger partial charge in [0.1, 0.15) is 17.4 Å². The molecule has 0 spiro atoms. The minimum atomic E-state index is -0.810. The molecule has 0 bridgehead atoms. The fourth-order valence-electron chi connectivity index (χ4n) is 4.41. The summed E-state index contributed by atoms with van der Waals surface area (Å²) in [6.07, 6.45) is 2.71. The Labute approximate surface area is 215 Å². The number of carbonyl (C=O) groups excluding carboxylic acids is 1. The number of aliphatic hydroxyl groups is 1. The van der Waals surface area contributed by atoms with Gasteiger partial charge in [-0.25, -0.2) is 14.8 Å². The topological polar surface area (TPSA) is 133 Å². The van der Waals surface area contributed by atoms with E-state index in [0.717, 1.165) is 5.56 Å². The molecule has 3 heterocycles. The maximum atomic E-state index is 13.0. The van der Waals surface area contributed by atoms with Gasteiger partial charge in [-0.2, -0.15) is 5.26 Å². The van der Waals surface area contributed by atoms with Crippen LogP contribution in [0.1, 0.15) is 44.4 Å². The number of hydrogen-bond donors (Lipinski definition) is 2. The molecule has 10 nitrogen and oxygen atoms in total. The number of ether oxygens (including phenoxy) is 1. The van der Waals surface area contributed by atoms with Crippen molar-refractivity contribution in [2.75, 3.05) is 23.4 Å². The molecule has 1 atom stereocenters. The average Bonchev–Trinajstić information content (AvgIpc) is 3.14. The van der Waals surface area contributed by atoms with Crippen LogP contribution in [0.4, 0.5) is 22.1 Å². The molecule has 192 valence electrons. The zero-order valence-corrected chi connectivity index (χ0v) is 21.8. The molecule has 0 radical (unpaired) electrons. The summed E-state index contributed by atoms with van der Waals surface area (Å²) in [5, 5.41) is 23.3. The number of pyridine rings is 1. The van der Waals surface area contributed by atoms with E-state index in [1.54, 1.807) is 58.4 Å². The molecule has 0 saturated carbocycles. The van der Waals surface area contributed by atoms with Gasteiger partial charge in [0.2, 0.25) is 5.95 Å². The second kappa shape index (κ2) is 9.33. The van der Waals surface area contributed by atoms with Gasteiger partial charge in [0.05, 0.1) is 23.6 Å². The van der Waals surface area contributed by atoms with Crippen molar-refractivity contribution in [1.82, 2.24) is 14.5 Å². The number of aliphatic hydroxyl groups excluding tert-OH is 1. The van der Waals surface area contributed by atoms with E-state index in [9.17, 15) is 20.0 Å². The van der Waals surface area contributed by atoms with E-state index in [4.69, 9.17) is 4.74 Å². The molecule has 1 aliphatic rings. The van der Waals surface area contributed by atoms with Crippen LogP contribution in [0, 0.1) is 18.3 Å². The Bertz CT molecular complexity index is 1480. The summed E-state index contributed by atoms with van der Waals surface area (Å²) in [7, 11) is 1.67. The van der Waals surface area contributed by atoms with Gasteiger partial charge in [0.15, 0.2) is 0 Å². The first-order valence-corrected chi connectivity index (χ1v) is 11.8. The van der Waals surface area contributed by atoms with Crippen LogP contribution in [0.15, 0.2) is 41.5 Å². The third-order valence-electron chi connectivity index (χ3n) is 6.14. The van der Waals surface area contributed by atoms with Gasteiger partial charge in [-0.1, -0.05) is 6.92 Å². The number of benzene rings is 1. The number of carbonyl (C=O) groups is 1. The van der Waals surface area contributed by atoms with E-state index in [0.29, 0.717) is 28.2 Å². The molecule has 10 heteroatoms. The third-order valence-corrected chi connectivity index (χ3v) is 6.14. The van der Waals surface area contributed by atoms with Crippen LogP contribution in [0.5, 0.6) is 0 Å². The van der Waals surface area contributed by atoms with Gasteiger partial charge in [0, 0.05) is 37.0 Å². The lowest BCUT2D eigenvalue weighted by Crippen LogP contribution is -2.40. The minimum absolute atomic E-state index is 0.166. The van der Waals surface area contributed by atoms with Crippen molar-refractivity contribution in [2.24, 2.45) is 7.05 Å². The zero-order chi connectivity index (χ0) is 27.1. The molecule has 37 heavy (non-hydrogen) atoms. The minimum Gasteiger partial charge on any atom is -0.443 e. The van der Waals surface area contributed by atoms with E-state index in [1.807, 2.05) is 19.9 Å². The summed E-state index contributed by atoms with van der Waals surface area (Å²) in [5.41, 5.74) is 1.95. The van der Waals surface area contributed by atoms with Gasteiger partial charge in [-0.05, 0) is 63.1 Å². The number of nitrogens with zero attached hydrogens (tertiary/aromatic N) is 5. The van der Waals surface area contributed by atoms with E-state index in [1.165, 1.54) is 9.47 Å². The Morgan fingerprint density at radius 3 is 2.70 bits per heavy atom. The van der Waals surface area contributed by atoms with Crippen molar-refractivity contribution in [2.45, 2.75) is 45.6 Å². The Morgan fingerprint density at radius 2 is 2.05 bits per heavy atom. The normalized spacial score (nSPS) is 16.8. The van der Waals surface area contributed by atoms with E-state index in [2.05, 4.69) is 21.4 Å². The molecule has 1 aliphatic heterocycles. The first-order valence-electron chi connectivity index (χ1n) is 11.8. The number of hydrogen-bond acceptors (Lipinski definition) is 8. The van der Waals surface area contributed by atoms with Crippen molar-refractivity contribution < 1.29 is 14.6 Å². The second-order valence-corrected chi connectivity index (χ2v) is 10.6. The summed E-state index contributed by atoms with van der Waals surface area (Å²) >= 11 is 0. The van der Waals surface area contributed by atoms with Crippen LogP contribution >= 0.6 is 0 Å². The molecular formula is C27H30N6O4. The lowest BCUT2D eigenvalue weighted by Gasteiger charge is -2.26. The highest BCUT2D eigenvalue weighted by Gasteiger charge is 2.44. The van der Waals surface area contributed by atoms with E-state index >= 15 is 0 Å². The average molecular weight is 503 g/mol. The quantitative estimate of drug-likeness (QED) is 0.551. The second-order valence-electron chi connectivity index (χ2n) is 10.6. The van der Waals surface area contributed by atoms with Gasteiger partial charge in [-0.3, -0.25) is 9.69 Å². The van der Waals surface area contributed by atoms with Crippen molar-refractivity contribution in [3.8, 4) is 17.3 Å². The smallest absolute Gasteiger partial charge is 0.414 e. The predicted octanol–water partition coefficient (Wildman–Crippen LogP) is 3.77. The molecule has 0 aliphatic carbocycles. The Balaban J connectivity index is 1.78. The molecule has 0 unspecified atom stereocenters. The molecule has 4 rings (SSSR count). The highest BCUT2D eigenvalue weighted by atomic mass is 16.6. The first-order chi connectivity index (χ1) is 17.3. The summed E-state index contributed by atoms with van der Waals surface area (Å²) in [4.78, 5) is 35.7. The monoisotopic (exact) mass is 502 g/mol. The highest BCUT2D eigenvalue weighted by molar-refractivity contribution is 5.95. The van der Waals surface area contributed by atoms with Crippen molar-refractivity contribution >= 4 is 23.4 Å². The number of nitrogens with one attached hydrogen (secondary N) is 1. The number of anilines is 3. The number of aryl methyl sites for hydroxylation is 2. The third kappa shape index (κ3) is 5.04. The van der Waals surface area contributed by atoms with E-state index in [-0.39, 0.29) is 30.2 Å². The first kappa shape index (κ1) is 25.9. The Hall–Kier alpha value is -4.23. The molecule has 1 aromatic carbocycles. The maximum absolute atomic E-state index is 13.0. The lowest BCUT2D eigenvalue weighted by atomic mass is 9.83. The maximum Gasteiger partial charge on any atom is 0.414 e. The Kier molecular flexibility index (Phi) is 6.52. The molecule has 2 aromatic heterocycles. The fourth-order valence-corrected chi connectivity index (χ4v) is 4.41. The van der Waals surface area contributed by atoms with Crippen molar-refractivity contribution in [3.63, 3.8) is 0 Å². The van der Waals surface area contributed by atoms with Gasteiger partial charge in [0.25, 0.3) is 5.56 Å². The molecule has 0 saturated heterocycles. The van der Waals surface area contributed by atoms with Gasteiger partial charge >= 0.3 is 6.09 Å². The Morgan fingerprint density at radius 1 is 1.32 bits per heavy atom. The number of fused-ring (bicyclic) bond motifs is 1. The highest BCUT2D eigenvalue weighted by Crippen LogP contribution is 2.45. The van der Waals surface area contributed by atoms with Crippen LogP contribution in [0.2, 0.25) is 0 Å². The van der Waals surface area contributed by atoms with Crippen molar-refractivity contribution in [3.05, 3.63) is 63.7 Å². The number of nitriles is 1. The van der Waals surface area contributed by atoms with E-state index < -0.39 is 17.1 Å². The number of aromatic nitrogens is 3. The van der Waals surface area contributed by atoms with Crippen LogP contribution < -0.4 is 15.8 Å². The molecule has 0 fully saturated rings. The van der Waals surface area contributed by atoms with Crippen molar-refractivity contribution in [1.29, 1.82) is 5.26 Å². The molecule has 2 N–H and O–H groups in total. The van der Waals surface area contributed by atoms with Crippen LogP contribution in [-0.2, 0) is 17.2 Å². The fraction of sp³-hybridized carbons (Fsp3) is 0.370. The number of rotatable bonds is 4. The molecule has 1 amide bonds. The molecule has 3 aromatic rings. The zero-order valence-electron chi connectivity index (χ0n) is 21.8. The molecular weight excluding hydrogens is 472 g/mol. The predicted molar refractivity (Wildman–Crippen MR) is 140 cm³/mol. The van der Waals surface area contributed by atoms with Crippen LogP contribution in [-0.4, -0.2) is 44.5 Å². The number of amides is 1. The summed E-state index contributed by atoms with van der Waals surface area (Å²) < 4.78 is 7.05.